The second-order valence-corrected chi connectivity index (χ2v) is 6.37. The molecule has 0 radical (unpaired) electrons. The smallest absolute Gasteiger partial charge is 0.272 e. The topological polar surface area (TPSA) is 74.4 Å². The zero-order valence-electron chi connectivity index (χ0n) is 14.0. The molecule has 0 amide bonds. The molecule has 2 heterocycles. The van der Waals surface area contributed by atoms with Crippen LogP contribution in [0.3, 0.4) is 0 Å². The summed E-state index contributed by atoms with van der Waals surface area (Å²) in [4.78, 5) is 4.56. The predicted molar refractivity (Wildman–Crippen MR) is 100 cm³/mol. The van der Waals surface area contributed by atoms with E-state index in [1.807, 2.05) is 42.5 Å². The maximum absolute atomic E-state index is 5.43. The first-order chi connectivity index (χ1) is 12.7. The van der Waals surface area contributed by atoms with Gasteiger partial charge >= 0.3 is 0 Å². The third-order valence-electron chi connectivity index (χ3n) is 3.93. The SMILES string of the molecule is COc1ccc(-c2cnn3c(-c4cc(Br)ccc4OC)nnc3n2)cc1. The van der Waals surface area contributed by atoms with E-state index in [1.165, 1.54) is 0 Å². The van der Waals surface area contributed by atoms with Gasteiger partial charge in [0.25, 0.3) is 5.78 Å². The molecule has 0 aliphatic rings. The summed E-state index contributed by atoms with van der Waals surface area (Å²) in [6.45, 7) is 0. The Morgan fingerprint density at radius 1 is 0.962 bits per heavy atom. The Morgan fingerprint density at radius 2 is 1.77 bits per heavy atom. The zero-order valence-corrected chi connectivity index (χ0v) is 15.6. The van der Waals surface area contributed by atoms with E-state index in [-0.39, 0.29) is 0 Å². The fourth-order valence-electron chi connectivity index (χ4n) is 2.62. The first-order valence-electron chi connectivity index (χ1n) is 7.76. The Morgan fingerprint density at radius 3 is 2.50 bits per heavy atom. The summed E-state index contributed by atoms with van der Waals surface area (Å²) in [5.41, 5.74) is 2.41. The molecule has 0 saturated heterocycles. The highest BCUT2D eigenvalue weighted by molar-refractivity contribution is 9.10. The molecular weight excluding hydrogens is 398 g/mol. The number of nitrogens with zero attached hydrogens (tertiary/aromatic N) is 5. The number of aromatic nitrogens is 5. The van der Waals surface area contributed by atoms with Crippen LogP contribution < -0.4 is 9.47 Å². The average molecular weight is 412 g/mol. The summed E-state index contributed by atoms with van der Waals surface area (Å²) < 4.78 is 13.1. The number of methoxy groups -OCH3 is 2. The van der Waals surface area contributed by atoms with Crippen molar-refractivity contribution in [1.82, 2.24) is 24.8 Å². The molecule has 4 rings (SSSR count). The van der Waals surface area contributed by atoms with Crippen molar-refractivity contribution in [2.45, 2.75) is 0 Å². The Kier molecular flexibility index (Phi) is 4.26. The van der Waals surface area contributed by atoms with E-state index >= 15 is 0 Å². The number of ether oxygens (including phenoxy) is 2. The maximum atomic E-state index is 5.43. The Balaban J connectivity index is 1.80. The maximum Gasteiger partial charge on any atom is 0.272 e. The molecule has 0 atom stereocenters. The lowest BCUT2D eigenvalue weighted by Gasteiger charge is -2.07. The molecule has 0 spiro atoms. The van der Waals surface area contributed by atoms with Gasteiger partial charge in [-0.15, -0.1) is 10.2 Å². The molecule has 2 aromatic carbocycles. The third-order valence-corrected chi connectivity index (χ3v) is 4.42. The Bertz CT molecular complexity index is 1080. The summed E-state index contributed by atoms with van der Waals surface area (Å²) in [7, 11) is 3.25. The molecule has 0 saturated carbocycles. The predicted octanol–water partition coefficient (Wildman–Crippen LogP) is 3.63. The minimum absolute atomic E-state index is 0.412. The van der Waals surface area contributed by atoms with Gasteiger partial charge in [0, 0.05) is 10.0 Å². The van der Waals surface area contributed by atoms with Crippen LogP contribution in [0.5, 0.6) is 11.5 Å². The van der Waals surface area contributed by atoms with E-state index in [0.29, 0.717) is 23.0 Å². The lowest BCUT2D eigenvalue weighted by atomic mass is 10.1. The number of benzene rings is 2. The van der Waals surface area contributed by atoms with Gasteiger partial charge in [-0.25, -0.2) is 4.98 Å². The van der Waals surface area contributed by atoms with E-state index in [4.69, 9.17) is 9.47 Å². The zero-order chi connectivity index (χ0) is 18.1. The van der Waals surface area contributed by atoms with Crippen molar-refractivity contribution in [1.29, 1.82) is 0 Å². The Labute approximate surface area is 157 Å². The van der Waals surface area contributed by atoms with Crippen LogP contribution in [0.4, 0.5) is 0 Å². The summed E-state index contributed by atoms with van der Waals surface area (Å²) in [5.74, 6) is 2.44. The second-order valence-electron chi connectivity index (χ2n) is 5.45. The fourth-order valence-corrected chi connectivity index (χ4v) is 2.98. The van der Waals surface area contributed by atoms with Crippen molar-refractivity contribution >= 4 is 21.7 Å². The van der Waals surface area contributed by atoms with Gasteiger partial charge in [-0.05, 0) is 42.5 Å². The monoisotopic (exact) mass is 411 g/mol. The van der Waals surface area contributed by atoms with E-state index in [1.54, 1.807) is 24.9 Å². The van der Waals surface area contributed by atoms with E-state index in [0.717, 1.165) is 21.3 Å². The minimum Gasteiger partial charge on any atom is -0.497 e. The number of hydrogen-bond acceptors (Lipinski definition) is 6. The quantitative estimate of drug-likeness (QED) is 0.510. The molecule has 26 heavy (non-hydrogen) atoms. The van der Waals surface area contributed by atoms with Gasteiger partial charge in [0.15, 0.2) is 5.82 Å². The highest BCUT2D eigenvalue weighted by Crippen LogP contribution is 2.31. The van der Waals surface area contributed by atoms with Gasteiger partial charge < -0.3 is 9.47 Å². The van der Waals surface area contributed by atoms with Crippen molar-refractivity contribution in [3.05, 3.63) is 53.1 Å². The second kappa shape index (κ2) is 6.72. The molecule has 0 aliphatic carbocycles. The van der Waals surface area contributed by atoms with Gasteiger partial charge in [0.05, 0.1) is 31.7 Å². The minimum atomic E-state index is 0.412. The van der Waals surface area contributed by atoms with Crippen LogP contribution in [-0.2, 0) is 0 Å². The van der Waals surface area contributed by atoms with Crippen molar-refractivity contribution in [2.24, 2.45) is 0 Å². The highest BCUT2D eigenvalue weighted by Gasteiger charge is 2.16. The summed E-state index contributed by atoms with van der Waals surface area (Å²) in [6, 6.07) is 13.3. The van der Waals surface area contributed by atoms with E-state index in [9.17, 15) is 0 Å². The van der Waals surface area contributed by atoms with Crippen LogP contribution in [0.25, 0.3) is 28.4 Å². The van der Waals surface area contributed by atoms with E-state index in [2.05, 4.69) is 36.2 Å². The van der Waals surface area contributed by atoms with Gasteiger partial charge in [-0.2, -0.15) is 9.61 Å². The Hall–Kier alpha value is -3.00. The molecule has 0 bridgehead atoms. The fraction of sp³-hybridized carbons (Fsp3) is 0.111. The van der Waals surface area contributed by atoms with Crippen LogP contribution >= 0.6 is 15.9 Å². The average Bonchev–Trinajstić information content (AvgIpc) is 3.11. The molecule has 2 aromatic heterocycles. The van der Waals surface area contributed by atoms with E-state index < -0.39 is 0 Å². The van der Waals surface area contributed by atoms with Crippen LogP contribution in [0.2, 0.25) is 0 Å². The van der Waals surface area contributed by atoms with Gasteiger partial charge in [-0.1, -0.05) is 15.9 Å². The van der Waals surface area contributed by atoms with Gasteiger partial charge in [0.1, 0.15) is 11.5 Å². The molecular formula is C18H14BrN5O2. The van der Waals surface area contributed by atoms with Crippen molar-refractivity contribution in [3.8, 4) is 34.1 Å². The highest BCUT2D eigenvalue weighted by atomic mass is 79.9. The van der Waals surface area contributed by atoms with Crippen molar-refractivity contribution in [2.75, 3.05) is 14.2 Å². The molecule has 4 aromatic rings. The third kappa shape index (κ3) is 2.88. The lowest BCUT2D eigenvalue weighted by Crippen LogP contribution is -1.99. The molecule has 0 aliphatic heterocycles. The number of halogens is 1. The molecule has 8 heteroatoms. The molecule has 7 nitrogen and oxygen atoms in total. The number of rotatable bonds is 4. The molecule has 130 valence electrons. The first-order valence-corrected chi connectivity index (χ1v) is 8.55. The number of hydrogen-bond donors (Lipinski definition) is 0. The van der Waals surface area contributed by atoms with Crippen LogP contribution in [0.1, 0.15) is 0 Å². The molecule has 0 unspecified atom stereocenters. The van der Waals surface area contributed by atoms with Crippen LogP contribution in [-0.4, -0.2) is 39.0 Å². The normalized spacial score (nSPS) is 10.9. The van der Waals surface area contributed by atoms with Crippen molar-refractivity contribution in [3.63, 3.8) is 0 Å². The summed E-state index contributed by atoms with van der Waals surface area (Å²) in [5, 5.41) is 12.9. The molecule has 0 N–H and O–H groups in total. The van der Waals surface area contributed by atoms with Crippen LogP contribution in [0.15, 0.2) is 53.1 Å². The van der Waals surface area contributed by atoms with Gasteiger partial charge in [0.2, 0.25) is 0 Å². The summed E-state index contributed by atoms with van der Waals surface area (Å²) >= 11 is 3.47. The van der Waals surface area contributed by atoms with Crippen molar-refractivity contribution < 1.29 is 9.47 Å². The number of fused-ring (bicyclic) bond motifs is 1. The van der Waals surface area contributed by atoms with Gasteiger partial charge in [-0.3, -0.25) is 0 Å². The standard InChI is InChI=1S/C18H14BrN5O2/c1-25-13-6-3-11(4-7-13)15-10-20-24-17(22-23-18(24)21-15)14-9-12(19)5-8-16(14)26-2/h3-10H,1-2H3. The van der Waals surface area contributed by atoms with Crippen LogP contribution in [0, 0.1) is 0 Å². The lowest BCUT2D eigenvalue weighted by molar-refractivity contribution is 0.415. The largest absolute Gasteiger partial charge is 0.497 e. The first kappa shape index (κ1) is 16.5. The molecule has 0 fully saturated rings. The summed E-state index contributed by atoms with van der Waals surface area (Å²) in [6.07, 6.45) is 1.69.